The van der Waals surface area contributed by atoms with Crippen LogP contribution in [0.4, 0.5) is 0 Å². The van der Waals surface area contributed by atoms with Crippen molar-refractivity contribution in [3.05, 3.63) is 29.5 Å². The number of aryl methyl sites for hydroxylation is 1. The molecule has 1 aromatic heterocycles. The van der Waals surface area contributed by atoms with Gasteiger partial charge in [-0.3, -0.25) is 0 Å². The molecule has 0 aliphatic carbocycles. The fourth-order valence-electron chi connectivity index (χ4n) is 2.08. The Labute approximate surface area is 118 Å². The van der Waals surface area contributed by atoms with Crippen molar-refractivity contribution < 1.29 is 14.2 Å². The summed E-state index contributed by atoms with van der Waals surface area (Å²) in [5, 5.41) is 8.24. The van der Waals surface area contributed by atoms with E-state index in [1.165, 1.54) is 0 Å². The van der Waals surface area contributed by atoms with E-state index in [4.69, 9.17) is 14.2 Å². The molecule has 1 heterocycles. The summed E-state index contributed by atoms with van der Waals surface area (Å²) < 4.78 is 16.2. The average Bonchev–Trinajstić information content (AvgIpc) is 2.48. The minimum atomic E-state index is 0.551. The van der Waals surface area contributed by atoms with E-state index in [0.717, 1.165) is 22.4 Å². The second kappa shape index (κ2) is 5.77. The Morgan fingerprint density at radius 1 is 0.900 bits per heavy atom. The van der Waals surface area contributed by atoms with Crippen LogP contribution in [0.15, 0.2) is 18.3 Å². The molecule has 2 aromatic rings. The number of benzene rings is 1. The van der Waals surface area contributed by atoms with E-state index in [2.05, 4.69) is 10.2 Å². The van der Waals surface area contributed by atoms with Crippen LogP contribution < -0.4 is 14.2 Å². The molecule has 0 atom stereocenters. The van der Waals surface area contributed by atoms with Gasteiger partial charge in [-0.1, -0.05) is 0 Å². The fourth-order valence-corrected chi connectivity index (χ4v) is 2.08. The lowest BCUT2D eigenvalue weighted by atomic mass is 10.0. The van der Waals surface area contributed by atoms with Gasteiger partial charge in [0.15, 0.2) is 11.5 Å². The van der Waals surface area contributed by atoms with Crippen LogP contribution in [0.25, 0.3) is 11.3 Å². The van der Waals surface area contributed by atoms with E-state index >= 15 is 0 Å². The van der Waals surface area contributed by atoms with E-state index in [1.54, 1.807) is 27.5 Å². The highest BCUT2D eigenvalue weighted by Gasteiger charge is 2.19. The van der Waals surface area contributed by atoms with E-state index < -0.39 is 0 Å². The molecule has 1 aromatic carbocycles. The standard InChI is InChI=1S/C15H18N2O3/c1-9-8-16-17-13(10(9)2)11-6-7-12(18-3)15(20-5)14(11)19-4/h6-8H,1-5H3. The summed E-state index contributed by atoms with van der Waals surface area (Å²) in [4.78, 5) is 0. The Balaban J connectivity index is 2.71. The van der Waals surface area contributed by atoms with Crippen molar-refractivity contribution in [3.8, 4) is 28.5 Å². The lowest BCUT2D eigenvalue weighted by Gasteiger charge is -2.16. The number of nitrogens with zero attached hydrogens (tertiary/aromatic N) is 2. The third-order valence-electron chi connectivity index (χ3n) is 3.32. The van der Waals surface area contributed by atoms with Gasteiger partial charge in [0, 0.05) is 5.56 Å². The summed E-state index contributed by atoms with van der Waals surface area (Å²) in [6.07, 6.45) is 1.74. The van der Waals surface area contributed by atoms with Crippen LogP contribution in [-0.4, -0.2) is 31.5 Å². The summed E-state index contributed by atoms with van der Waals surface area (Å²) in [6.45, 7) is 4.01. The average molecular weight is 274 g/mol. The first kappa shape index (κ1) is 14.1. The highest BCUT2D eigenvalue weighted by Crippen LogP contribution is 2.44. The highest BCUT2D eigenvalue weighted by molar-refractivity contribution is 5.76. The van der Waals surface area contributed by atoms with Crippen LogP contribution in [0.1, 0.15) is 11.1 Å². The van der Waals surface area contributed by atoms with Gasteiger partial charge in [0.05, 0.1) is 33.2 Å². The van der Waals surface area contributed by atoms with Crippen molar-refractivity contribution in [2.24, 2.45) is 0 Å². The predicted octanol–water partition coefficient (Wildman–Crippen LogP) is 2.79. The summed E-state index contributed by atoms with van der Waals surface area (Å²) in [6, 6.07) is 3.73. The molecule has 0 bridgehead atoms. The van der Waals surface area contributed by atoms with E-state index in [1.807, 2.05) is 26.0 Å². The Morgan fingerprint density at radius 2 is 1.60 bits per heavy atom. The number of hydrogen-bond acceptors (Lipinski definition) is 5. The molecule has 0 saturated heterocycles. The van der Waals surface area contributed by atoms with Crippen LogP contribution in [0, 0.1) is 13.8 Å². The smallest absolute Gasteiger partial charge is 0.203 e. The Kier molecular flexibility index (Phi) is 4.08. The fraction of sp³-hybridized carbons (Fsp3) is 0.333. The van der Waals surface area contributed by atoms with Gasteiger partial charge < -0.3 is 14.2 Å². The summed E-state index contributed by atoms with van der Waals surface area (Å²) in [7, 11) is 4.77. The van der Waals surface area contributed by atoms with Crippen LogP contribution in [0.3, 0.4) is 0 Å². The van der Waals surface area contributed by atoms with Gasteiger partial charge in [0.2, 0.25) is 5.75 Å². The lowest BCUT2D eigenvalue weighted by Crippen LogP contribution is -2.00. The van der Waals surface area contributed by atoms with Gasteiger partial charge in [-0.15, -0.1) is 0 Å². The number of methoxy groups -OCH3 is 3. The van der Waals surface area contributed by atoms with Gasteiger partial charge in [0.25, 0.3) is 0 Å². The van der Waals surface area contributed by atoms with Crippen LogP contribution in [0.5, 0.6) is 17.2 Å². The van der Waals surface area contributed by atoms with Crippen LogP contribution in [-0.2, 0) is 0 Å². The van der Waals surface area contributed by atoms with Crippen molar-refractivity contribution in [2.45, 2.75) is 13.8 Å². The molecule has 0 spiro atoms. The first-order chi connectivity index (χ1) is 9.63. The van der Waals surface area contributed by atoms with E-state index in [-0.39, 0.29) is 0 Å². The van der Waals surface area contributed by atoms with Crippen molar-refractivity contribution >= 4 is 0 Å². The quantitative estimate of drug-likeness (QED) is 0.858. The molecule has 0 aliphatic rings. The van der Waals surface area contributed by atoms with Gasteiger partial charge in [-0.05, 0) is 37.1 Å². The largest absolute Gasteiger partial charge is 0.493 e. The maximum Gasteiger partial charge on any atom is 0.203 e. The maximum absolute atomic E-state index is 5.49. The minimum absolute atomic E-state index is 0.551. The molecule has 20 heavy (non-hydrogen) atoms. The third kappa shape index (κ3) is 2.27. The van der Waals surface area contributed by atoms with Crippen LogP contribution in [0.2, 0.25) is 0 Å². The molecule has 2 rings (SSSR count). The zero-order valence-corrected chi connectivity index (χ0v) is 12.4. The number of rotatable bonds is 4. The first-order valence-electron chi connectivity index (χ1n) is 6.22. The molecule has 0 amide bonds. The minimum Gasteiger partial charge on any atom is -0.493 e. The van der Waals surface area contributed by atoms with Gasteiger partial charge in [-0.2, -0.15) is 10.2 Å². The molecule has 0 radical (unpaired) electrons. The molecule has 0 saturated carbocycles. The van der Waals surface area contributed by atoms with Crippen LogP contribution >= 0.6 is 0 Å². The van der Waals surface area contributed by atoms with Crippen molar-refractivity contribution in [1.82, 2.24) is 10.2 Å². The summed E-state index contributed by atoms with van der Waals surface area (Å²) in [5.74, 6) is 1.76. The zero-order chi connectivity index (χ0) is 14.7. The number of aromatic nitrogens is 2. The number of hydrogen-bond donors (Lipinski definition) is 0. The molecular weight excluding hydrogens is 256 g/mol. The second-order valence-corrected chi connectivity index (χ2v) is 4.38. The SMILES string of the molecule is COc1ccc(-c2nncc(C)c2C)c(OC)c1OC. The molecule has 0 N–H and O–H groups in total. The van der Waals surface area contributed by atoms with Gasteiger partial charge >= 0.3 is 0 Å². The second-order valence-electron chi connectivity index (χ2n) is 4.38. The molecule has 106 valence electrons. The Bertz CT molecular complexity index is 627. The number of ether oxygens (including phenoxy) is 3. The van der Waals surface area contributed by atoms with E-state index in [0.29, 0.717) is 17.2 Å². The van der Waals surface area contributed by atoms with E-state index in [9.17, 15) is 0 Å². The van der Waals surface area contributed by atoms with Gasteiger partial charge in [-0.25, -0.2) is 0 Å². The van der Waals surface area contributed by atoms with Gasteiger partial charge in [0.1, 0.15) is 0 Å². The molecule has 0 fully saturated rings. The Hall–Kier alpha value is -2.30. The van der Waals surface area contributed by atoms with Crippen molar-refractivity contribution in [2.75, 3.05) is 21.3 Å². The molecule has 5 nitrogen and oxygen atoms in total. The monoisotopic (exact) mass is 274 g/mol. The summed E-state index contributed by atoms with van der Waals surface area (Å²) >= 11 is 0. The summed E-state index contributed by atoms with van der Waals surface area (Å²) in [5.41, 5.74) is 3.75. The highest BCUT2D eigenvalue weighted by atomic mass is 16.5. The zero-order valence-electron chi connectivity index (χ0n) is 12.4. The Morgan fingerprint density at radius 3 is 2.20 bits per heavy atom. The van der Waals surface area contributed by atoms with Crippen molar-refractivity contribution in [3.63, 3.8) is 0 Å². The topological polar surface area (TPSA) is 53.5 Å². The maximum atomic E-state index is 5.49. The molecule has 5 heteroatoms. The predicted molar refractivity (Wildman–Crippen MR) is 76.6 cm³/mol. The normalized spacial score (nSPS) is 10.2. The van der Waals surface area contributed by atoms with Crippen molar-refractivity contribution in [1.29, 1.82) is 0 Å². The lowest BCUT2D eigenvalue weighted by molar-refractivity contribution is 0.325. The molecular formula is C15H18N2O3. The molecule has 0 unspecified atom stereocenters. The first-order valence-corrected chi connectivity index (χ1v) is 6.22. The third-order valence-corrected chi connectivity index (χ3v) is 3.32. The molecule has 0 aliphatic heterocycles.